The van der Waals surface area contributed by atoms with Crippen LogP contribution >= 0.6 is 0 Å². The molecular formula is C19H24N2O4. The van der Waals surface area contributed by atoms with E-state index < -0.39 is 17.8 Å². The van der Waals surface area contributed by atoms with Gasteiger partial charge in [-0.15, -0.1) is 0 Å². The standard InChI is InChI=1S/C19H24N2O4/c1-2-25-19(24)15-8-10-16(11-9-15)21-18(23)17(22)20-13-12-14-6-4-3-5-7-14/h6,8-11H,2-5,7,12-13H2,1H3,(H,20,22)(H,21,23). The van der Waals surface area contributed by atoms with Crippen molar-refractivity contribution in [3.8, 4) is 0 Å². The Labute approximate surface area is 147 Å². The van der Waals surface area contributed by atoms with E-state index in [1.54, 1.807) is 31.2 Å². The number of amides is 2. The second kappa shape index (κ2) is 9.61. The van der Waals surface area contributed by atoms with Crippen LogP contribution in [0.25, 0.3) is 0 Å². The van der Waals surface area contributed by atoms with Crippen molar-refractivity contribution in [2.45, 2.75) is 39.0 Å². The van der Waals surface area contributed by atoms with Crippen LogP contribution in [0.5, 0.6) is 0 Å². The first-order valence-corrected chi connectivity index (χ1v) is 8.64. The summed E-state index contributed by atoms with van der Waals surface area (Å²) in [7, 11) is 0. The van der Waals surface area contributed by atoms with Gasteiger partial charge in [0, 0.05) is 12.2 Å². The van der Waals surface area contributed by atoms with Crippen molar-refractivity contribution >= 4 is 23.5 Å². The number of allylic oxidation sites excluding steroid dienone is 1. The first kappa shape index (κ1) is 18.7. The Morgan fingerprint density at radius 1 is 1.08 bits per heavy atom. The Morgan fingerprint density at radius 2 is 1.84 bits per heavy atom. The molecule has 6 heteroatoms. The first-order chi connectivity index (χ1) is 12.1. The molecule has 0 radical (unpaired) electrons. The van der Waals surface area contributed by atoms with E-state index in [0.717, 1.165) is 19.3 Å². The number of carbonyl (C=O) groups excluding carboxylic acids is 3. The van der Waals surface area contributed by atoms with E-state index in [2.05, 4.69) is 16.7 Å². The Kier molecular flexibility index (Phi) is 7.19. The van der Waals surface area contributed by atoms with Crippen molar-refractivity contribution in [2.24, 2.45) is 0 Å². The van der Waals surface area contributed by atoms with Crippen LogP contribution < -0.4 is 10.6 Å². The van der Waals surface area contributed by atoms with Gasteiger partial charge in [0.25, 0.3) is 0 Å². The lowest BCUT2D eigenvalue weighted by Crippen LogP contribution is -2.36. The maximum atomic E-state index is 11.9. The molecule has 0 aliphatic heterocycles. The van der Waals surface area contributed by atoms with Gasteiger partial charge < -0.3 is 15.4 Å². The zero-order valence-corrected chi connectivity index (χ0v) is 14.5. The number of esters is 1. The summed E-state index contributed by atoms with van der Waals surface area (Å²) >= 11 is 0. The van der Waals surface area contributed by atoms with Crippen molar-refractivity contribution < 1.29 is 19.1 Å². The van der Waals surface area contributed by atoms with Crippen LogP contribution in [0.3, 0.4) is 0 Å². The molecule has 2 amide bonds. The van der Waals surface area contributed by atoms with Crippen molar-refractivity contribution in [1.29, 1.82) is 0 Å². The molecule has 0 saturated carbocycles. The minimum atomic E-state index is -0.721. The third-order valence-corrected chi connectivity index (χ3v) is 3.98. The molecule has 2 N–H and O–H groups in total. The number of carbonyl (C=O) groups is 3. The molecule has 0 bridgehead atoms. The van der Waals surface area contributed by atoms with E-state index in [9.17, 15) is 14.4 Å². The van der Waals surface area contributed by atoms with E-state index in [1.807, 2.05) is 0 Å². The maximum absolute atomic E-state index is 11.9. The molecule has 0 atom stereocenters. The molecule has 1 aliphatic rings. The minimum absolute atomic E-state index is 0.300. The lowest BCUT2D eigenvalue weighted by Gasteiger charge is -2.13. The highest BCUT2D eigenvalue weighted by Gasteiger charge is 2.14. The molecule has 2 rings (SSSR count). The van der Waals surface area contributed by atoms with E-state index in [-0.39, 0.29) is 0 Å². The highest BCUT2D eigenvalue weighted by Crippen LogP contribution is 2.19. The Bertz CT molecular complexity index is 650. The quantitative estimate of drug-likeness (QED) is 0.472. The summed E-state index contributed by atoms with van der Waals surface area (Å²) in [6.45, 7) is 2.49. The molecule has 0 saturated heterocycles. The first-order valence-electron chi connectivity index (χ1n) is 8.64. The number of hydrogen-bond acceptors (Lipinski definition) is 4. The van der Waals surface area contributed by atoms with Gasteiger partial charge >= 0.3 is 17.8 Å². The molecule has 6 nitrogen and oxygen atoms in total. The largest absolute Gasteiger partial charge is 0.462 e. The number of nitrogens with one attached hydrogen (secondary N) is 2. The van der Waals surface area contributed by atoms with Gasteiger partial charge in [-0.3, -0.25) is 9.59 Å². The van der Waals surface area contributed by atoms with Gasteiger partial charge in [-0.1, -0.05) is 11.6 Å². The predicted octanol–water partition coefficient (Wildman–Crippen LogP) is 2.81. The second-order valence-electron chi connectivity index (χ2n) is 5.87. The van der Waals surface area contributed by atoms with Gasteiger partial charge in [-0.25, -0.2) is 4.79 Å². The van der Waals surface area contributed by atoms with Crippen molar-refractivity contribution in [3.05, 3.63) is 41.5 Å². The van der Waals surface area contributed by atoms with E-state index in [0.29, 0.717) is 24.4 Å². The summed E-state index contributed by atoms with van der Waals surface area (Å²) in [5.41, 5.74) is 2.19. The zero-order valence-electron chi connectivity index (χ0n) is 14.5. The number of anilines is 1. The summed E-state index contributed by atoms with van der Waals surface area (Å²) < 4.78 is 4.89. The fourth-order valence-electron chi connectivity index (χ4n) is 2.64. The van der Waals surface area contributed by atoms with Gasteiger partial charge in [0.2, 0.25) is 0 Å². The summed E-state index contributed by atoms with van der Waals surface area (Å²) in [5, 5.41) is 5.14. The smallest absolute Gasteiger partial charge is 0.338 e. The zero-order chi connectivity index (χ0) is 18.1. The molecule has 1 aliphatic carbocycles. The normalized spacial score (nSPS) is 13.6. The monoisotopic (exact) mass is 344 g/mol. The van der Waals surface area contributed by atoms with Crippen molar-refractivity contribution in [3.63, 3.8) is 0 Å². The second-order valence-corrected chi connectivity index (χ2v) is 5.87. The highest BCUT2D eigenvalue weighted by atomic mass is 16.5. The van der Waals surface area contributed by atoms with Crippen LogP contribution in [0.4, 0.5) is 5.69 Å². The van der Waals surface area contributed by atoms with Crippen LogP contribution in [-0.2, 0) is 14.3 Å². The van der Waals surface area contributed by atoms with E-state index >= 15 is 0 Å². The molecule has 134 valence electrons. The maximum Gasteiger partial charge on any atom is 0.338 e. The molecule has 25 heavy (non-hydrogen) atoms. The third kappa shape index (κ3) is 6.06. The summed E-state index contributed by atoms with van der Waals surface area (Å²) in [4.78, 5) is 35.3. The molecule has 1 aromatic rings. The number of benzene rings is 1. The molecule has 0 unspecified atom stereocenters. The summed E-state index contributed by atoms with van der Waals surface area (Å²) in [6, 6.07) is 6.21. The summed E-state index contributed by atoms with van der Waals surface area (Å²) in [5.74, 6) is -1.80. The van der Waals surface area contributed by atoms with E-state index in [1.165, 1.54) is 18.4 Å². The lowest BCUT2D eigenvalue weighted by atomic mass is 9.97. The Morgan fingerprint density at radius 3 is 2.48 bits per heavy atom. The number of hydrogen-bond donors (Lipinski definition) is 2. The van der Waals surface area contributed by atoms with Crippen LogP contribution in [0.15, 0.2) is 35.9 Å². The SMILES string of the molecule is CCOC(=O)c1ccc(NC(=O)C(=O)NCCC2=CCCCC2)cc1. The molecule has 0 heterocycles. The average molecular weight is 344 g/mol. The molecule has 0 fully saturated rings. The van der Waals surface area contributed by atoms with Gasteiger partial charge in [0.1, 0.15) is 0 Å². The fourth-order valence-corrected chi connectivity index (χ4v) is 2.64. The van der Waals surface area contributed by atoms with Crippen LogP contribution in [0.2, 0.25) is 0 Å². The lowest BCUT2D eigenvalue weighted by molar-refractivity contribution is -0.136. The molecule has 0 spiro atoms. The topological polar surface area (TPSA) is 84.5 Å². The van der Waals surface area contributed by atoms with Crippen molar-refractivity contribution in [2.75, 3.05) is 18.5 Å². The minimum Gasteiger partial charge on any atom is -0.462 e. The Balaban J connectivity index is 1.77. The van der Waals surface area contributed by atoms with Crippen LogP contribution in [-0.4, -0.2) is 30.9 Å². The Hall–Kier alpha value is -2.63. The number of rotatable bonds is 6. The van der Waals surface area contributed by atoms with Gasteiger partial charge in [0.15, 0.2) is 0 Å². The predicted molar refractivity (Wildman–Crippen MR) is 95.2 cm³/mol. The van der Waals surface area contributed by atoms with Crippen LogP contribution in [0, 0.1) is 0 Å². The summed E-state index contributed by atoms with van der Waals surface area (Å²) in [6.07, 6.45) is 7.61. The van der Waals surface area contributed by atoms with Crippen molar-refractivity contribution in [1.82, 2.24) is 5.32 Å². The van der Waals surface area contributed by atoms with Crippen LogP contribution in [0.1, 0.15) is 49.4 Å². The third-order valence-electron chi connectivity index (χ3n) is 3.98. The van der Waals surface area contributed by atoms with Gasteiger partial charge in [0.05, 0.1) is 12.2 Å². The van der Waals surface area contributed by atoms with E-state index in [4.69, 9.17) is 4.74 Å². The average Bonchev–Trinajstić information content (AvgIpc) is 2.63. The van der Waals surface area contributed by atoms with Gasteiger partial charge in [-0.2, -0.15) is 0 Å². The molecule has 1 aromatic carbocycles. The molecular weight excluding hydrogens is 320 g/mol. The molecule has 0 aromatic heterocycles. The number of ether oxygens (including phenoxy) is 1. The fraction of sp³-hybridized carbons (Fsp3) is 0.421. The highest BCUT2D eigenvalue weighted by molar-refractivity contribution is 6.39. The van der Waals surface area contributed by atoms with Gasteiger partial charge in [-0.05, 0) is 63.3 Å².